The molecule has 1 aromatic carbocycles. The van der Waals surface area contributed by atoms with Crippen LogP contribution in [0.4, 0.5) is 5.69 Å². The molecule has 1 aromatic heterocycles. The quantitative estimate of drug-likeness (QED) is 0.527. The lowest BCUT2D eigenvalue weighted by Crippen LogP contribution is -2.51. The van der Waals surface area contributed by atoms with Crippen LogP contribution in [0.5, 0.6) is 0 Å². The number of amides is 2. The Labute approximate surface area is 198 Å². The molecule has 4 heterocycles. The zero-order valence-corrected chi connectivity index (χ0v) is 19.4. The lowest BCUT2D eigenvalue weighted by Gasteiger charge is -2.36. The monoisotopic (exact) mass is 471 g/mol. The Kier molecular flexibility index (Phi) is 6.11. The Hall–Kier alpha value is -2.13. The summed E-state index contributed by atoms with van der Waals surface area (Å²) in [6, 6.07) is 8.22. The lowest BCUT2D eigenvalue weighted by atomic mass is 10.0. The number of halogens is 1. The molecule has 0 saturated carbocycles. The molecule has 7 nitrogen and oxygen atoms in total. The molecule has 2 atom stereocenters. The number of benzene rings is 1. The minimum Gasteiger partial charge on any atom is -0.368 e. The fraction of sp³-hybridized carbons (Fsp3) is 0.435. The van der Waals surface area contributed by atoms with Crippen molar-refractivity contribution in [2.75, 3.05) is 31.1 Å². The molecule has 0 radical (unpaired) electrons. The number of fused-ring (bicyclic) bond motifs is 1. The van der Waals surface area contributed by atoms with Crippen LogP contribution in [0.3, 0.4) is 0 Å². The topological polar surface area (TPSA) is 68.8 Å². The van der Waals surface area contributed by atoms with Gasteiger partial charge in [0.25, 0.3) is 0 Å². The molecular formula is C23H26ClN5O2S. The third-order valence-electron chi connectivity index (χ3n) is 6.63. The van der Waals surface area contributed by atoms with Gasteiger partial charge in [-0.25, -0.2) is 0 Å². The van der Waals surface area contributed by atoms with Gasteiger partial charge in [0.15, 0.2) is 0 Å². The number of imide groups is 1. The average molecular weight is 472 g/mol. The van der Waals surface area contributed by atoms with Gasteiger partial charge in [-0.3, -0.25) is 29.7 Å². The predicted molar refractivity (Wildman–Crippen MR) is 127 cm³/mol. The number of anilines is 1. The number of thiol groups is 1. The molecule has 2 aromatic rings. The van der Waals surface area contributed by atoms with Crippen molar-refractivity contribution in [3.8, 4) is 0 Å². The van der Waals surface area contributed by atoms with Gasteiger partial charge >= 0.3 is 0 Å². The SMILES string of the molecule is O=C1CCC(N2Cc3cc(CN4CCN(c5ccncc5Cl)CC4)ccc3C2S)C(=O)N1. The van der Waals surface area contributed by atoms with Gasteiger partial charge in [-0.1, -0.05) is 29.8 Å². The number of carbonyl (C=O) groups excluding carboxylic acids is 2. The zero-order valence-electron chi connectivity index (χ0n) is 17.7. The van der Waals surface area contributed by atoms with E-state index in [2.05, 4.69) is 43.2 Å². The molecule has 32 heavy (non-hydrogen) atoms. The van der Waals surface area contributed by atoms with Crippen molar-refractivity contribution in [3.05, 3.63) is 58.4 Å². The number of hydrogen-bond donors (Lipinski definition) is 2. The molecule has 2 saturated heterocycles. The van der Waals surface area contributed by atoms with Gasteiger partial charge in [0.1, 0.15) is 0 Å². The summed E-state index contributed by atoms with van der Waals surface area (Å²) in [5.41, 5.74) is 4.69. The van der Waals surface area contributed by atoms with E-state index in [1.807, 2.05) is 6.07 Å². The van der Waals surface area contributed by atoms with Crippen LogP contribution in [0.25, 0.3) is 0 Å². The lowest BCUT2D eigenvalue weighted by molar-refractivity contribution is -0.137. The van der Waals surface area contributed by atoms with Crippen molar-refractivity contribution < 1.29 is 9.59 Å². The largest absolute Gasteiger partial charge is 0.368 e. The number of pyridine rings is 1. The van der Waals surface area contributed by atoms with Gasteiger partial charge < -0.3 is 4.90 Å². The van der Waals surface area contributed by atoms with Crippen LogP contribution in [-0.4, -0.2) is 58.8 Å². The molecule has 2 fully saturated rings. The van der Waals surface area contributed by atoms with Crippen LogP contribution < -0.4 is 10.2 Å². The van der Waals surface area contributed by atoms with E-state index in [0.29, 0.717) is 24.4 Å². The van der Waals surface area contributed by atoms with Gasteiger partial charge in [0.05, 0.1) is 22.1 Å². The summed E-state index contributed by atoms with van der Waals surface area (Å²) in [5.74, 6) is -0.396. The molecule has 0 bridgehead atoms. The van der Waals surface area contributed by atoms with Crippen molar-refractivity contribution in [2.45, 2.75) is 37.3 Å². The van der Waals surface area contributed by atoms with Gasteiger partial charge in [-0.15, -0.1) is 0 Å². The van der Waals surface area contributed by atoms with E-state index in [-0.39, 0.29) is 23.2 Å². The van der Waals surface area contributed by atoms with Crippen molar-refractivity contribution in [1.82, 2.24) is 20.1 Å². The second kappa shape index (κ2) is 9.02. The summed E-state index contributed by atoms with van der Waals surface area (Å²) in [5, 5.41) is 3.03. The number of piperidine rings is 1. The van der Waals surface area contributed by atoms with E-state index in [4.69, 9.17) is 24.2 Å². The van der Waals surface area contributed by atoms with Crippen molar-refractivity contribution in [1.29, 1.82) is 0 Å². The van der Waals surface area contributed by atoms with Crippen LogP contribution in [0.1, 0.15) is 34.9 Å². The Morgan fingerprint density at radius 2 is 1.97 bits per heavy atom. The maximum Gasteiger partial charge on any atom is 0.243 e. The van der Waals surface area contributed by atoms with E-state index >= 15 is 0 Å². The molecular weight excluding hydrogens is 446 g/mol. The Balaban J connectivity index is 1.21. The Bertz CT molecular complexity index is 1040. The fourth-order valence-corrected chi connectivity index (χ4v) is 5.65. The van der Waals surface area contributed by atoms with E-state index in [0.717, 1.165) is 44.0 Å². The summed E-state index contributed by atoms with van der Waals surface area (Å²) in [6.07, 6.45) is 4.41. The third kappa shape index (κ3) is 4.24. The standard InChI is InChI=1S/C23H26ClN5O2S/c24-18-12-25-6-5-19(18)28-9-7-27(8-10-28)13-15-1-2-17-16(11-15)14-29(23(17)32)20-3-4-21(30)26-22(20)31/h1-2,5-6,11-12,20,23,32H,3-4,7-10,13-14H2,(H,26,30,31). The number of carbonyl (C=O) groups is 2. The van der Waals surface area contributed by atoms with Crippen LogP contribution in [-0.2, 0) is 22.7 Å². The van der Waals surface area contributed by atoms with E-state index in [9.17, 15) is 9.59 Å². The van der Waals surface area contributed by atoms with Crippen molar-refractivity contribution >= 4 is 41.7 Å². The van der Waals surface area contributed by atoms with Crippen molar-refractivity contribution in [2.24, 2.45) is 0 Å². The first-order valence-electron chi connectivity index (χ1n) is 11.0. The smallest absolute Gasteiger partial charge is 0.243 e. The molecule has 2 unspecified atom stereocenters. The molecule has 9 heteroatoms. The highest BCUT2D eigenvalue weighted by Gasteiger charge is 2.39. The predicted octanol–water partition coefficient (Wildman–Crippen LogP) is 2.61. The molecule has 168 valence electrons. The minimum atomic E-state index is -0.306. The summed E-state index contributed by atoms with van der Waals surface area (Å²) < 4.78 is 0. The fourth-order valence-electron chi connectivity index (χ4n) is 4.92. The van der Waals surface area contributed by atoms with Crippen LogP contribution in [0.2, 0.25) is 5.02 Å². The first kappa shape index (κ1) is 21.7. The maximum absolute atomic E-state index is 12.3. The second-order valence-electron chi connectivity index (χ2n) is 8.64. The van der Waals surface area contributed by atoms with Crippen molar-refractivity contribution in [3.63, 3.8) is 0 Å². The molecule has 2 amide bonds. The first-order chi connectivity index (χ1) is 15.5. The highest BCUT2D eigenvalue weighted by atomic mass is 35.5. The number of rotatable bonds is 4. The molecule has 3 aliphatic heterocycles. The van der Waals surface area contributed by atoms with E-state index < -0.39 is 0 Å². The van der Waals surface area contributed by atoms with Gasteiger partial charge in [-0.05, 0) is 29.2 Å². The van der Waals surface area contributed by atoms with E-state index in [1.165, 1.54) is 11.1 Å². The zero-order chi connectivity index (χ0) is 22.2. The van der Waals surface area contributed by atoms with Gasteiger partial charge in [0, 0.05) is 58.1 Å². The normalized spacial score (nSPS) is 24.5. The number of hydrogen-bond acceptors (Lipinski definition) is 7. The summed E-state index contributed by atoms with van der Waals surface area (Å²) in [7, 11) is 0. The Morgan fingerprint density at radius 1 is 1.16 bits per heavy atom. The number of nitrogens with one attached hydrogen (secondary N) is 1. The highest BCUT2D eigenvalue weighted by Crippen LogP contribution is 2.39. The highest BCUT2D eigenvalue weighted by molar-refractivity contribution is 7.80. The number of piperazine rings is 1. The van der Waals surface area contributed by atoms with Crippen LogP contribution in [0, 0.1) is 0 Å². The number of nitrogens with zero attached hydrogens (tertiary/aromatic N) is 4. The maximum atomic E-state index is 12.3. The molecule has 3 aliphatic rings. The third-order valence-corrected chi connectivity index (χ3v) is 7.50. The van der Waals surface area contributed by atoms with Crippen LogP contribution in [0.15, 0.2) is 36.7 Å². The van der Waals surface area contributed by atoms with Crippen LogP contribution >= 0.6 is 24.2 Å². The van der Waals surface area contributed by atoms with E-state index in [1.54, 1.807) is 12.4 Å². The number of aromatic nitrogens is 1. The molecule has 0 spiro atoms. The van der Waals surface area contributed by atoms with Gasteiger partial charge in [0.2, 0.25) is 11.8 Å². The summed E-state index contributed by atoms with van der Waals surface area (Å²) in [6.45, 7) is 5.35. The summed E-state index contributed by atoms with van der Waals surface area (Å²) in [4.78, 5) is 34.8. The molecule has 5 rings (SSSR count). The first-order valence-corrected chi connectivity index (χ1v) is 11.8. The second-order valence-corrected chi connectivity index (χ2v) is 9.53. The Morgan fingerprint density at radius 3 is 2.72 bits per heavy atom. The minimum absolute atomic E-state index is 0.128. The summed E-state index contributed by atoms with van der Waals surface area (Å²) >= 11 is 11.1. The molecule has 0 aliphatic carbocycles. The average Bonchev–Trinajstić information content (AvgIpc) is 3.10. The van der Waals surface area contributed by atoms with Gasteiger partial charge in [-0.2, -0.15) is 12.6 Å². The molecule has 1 N–H and O–H groups in total.